The molecule has 0 aromatic heterocycles. The molecular weight excluding hydrogens is 394 g/mol. The number of hydrogen-bond donors (Lipinski definition) is 1. The first-order valence-corrected chi connectivity index (χ1v) is 10.5. The molecule has 3 aromatic carbocycles. The van der Waals surface area contributed by atoms with Crippen LogP contribution in [-0.2, 0) is 12.0 Å². The van der Waals surface area contributed by atoms with Crippen molar-refractivity contribution >= 4 is 17.5 Å². The van der Waals surface area contributed by atoms with Gasteiger partial charge in [0.2, 0.25) is 0 Å². The molecule has 0 saturated heterocycles. The minimum absolute atomic E-state index is 0.0809. The summed E-state index contributed by atoms with van der Waals surface area (Å²) in [6.07, 6.45) is 0. The molecule has 1 atom stereocenters. The molecule has 0 heterocycles. The van der Waals surface area contributed by atoms with E-state index in [1.54, 1.807) is 24.3 Å². The Morgan fingerprint density at radius 1 is 0.967 bits per heavy atom. The molecule has 0 bridgehead atoms. The zero-order chi connectivity index (χ0) is 21.7. The summed E-state index contributed by atoms with van der Waals surface area (Å²) in [5, 5.41) is 3.74. The second-order valence-corrected chi connectivity index (χ2v) is 8.88. The first-order chi connectivity index (χ1) is 14.2. The number of ether oxygens (including phenoxy) is 1. The first kappa shape index (κ1) is 21.9. The van der Waals surface area contributed by atoms with Crippen LogP contribution in [0.4, 0.5) is 0 Å². The normalized spacial score (nSPS) is 12.3. The van der Waals surface area contributed by atoms with Crippen LogP contribution in [0.15, 0.2) is 72.8 Å². The molecule has 0 aliphatic carbocycles. The molecule has 0 aliphatic heterocycles. The maximum Gasteiger partial charge on any atom is 0.251 e. The maximum absolute atomic E-state index is 12.6. The number of rotatable bonds is 6. The summed E-state index contributed by atoms with van der Waals surface area (Å²) in [6.45, 7) is 8.94. The van der Waals surface area contributed by atoms with Crippen molar-refractivity contribution in [3.63, 3.8) is 0 Å². The monoisotopic (exact) mass is 421 g/mol. The molecule has 30 heavy (non-hydrogen) atoms. The highest BCUT2D eigenvalue weighted by atomic mass is 35.5. The predicted molar refractivity (Wildman–Crippen MR) is 123 cm³/mol. The van der Waals surface area contributed by atoms with Crippen molar-refractivity contribution in [2.24, 2.45) is 0 Å². The van der Waals surface area contributed by atoms with Crippen LogP contribution in [0.1, 0.15) is 60.8 Å². The third kappa shape index (κ3) is 5.64. The summed E-state index contributed by atoms with van der Waals surface area (Å²) in [6, 6.07) is 23.1. The van der Waals surface area contributed by atoms with Crippen molar-refractivity contribution in [2.45, 2.75) is 45.8 Å². The Bertz CT molecular complexity index is 989. The lowest BCUT2D eigenvalue weighted by atomic mass is 9.86. The van der Waals surface area contributed by atoms with Crippen LogP contribution < -0.4 is 10.1 Å². The fraction of sp³-hybridized carbons (Fsp3) is 0.269. The number of carbonyl (C=O) groups excluding carboxylic acids is 1. The topological polar surface area (TPSA) is 38.3 Å². The van der Waals surface area contributed by atoms with Gasteiger partial charge in [0.05, 0.1) is 6.04 Å². The highest BCUT2D eigenvalue weighted by molar-refractivity contribution is 6.31. The Kier molecular flexibility index (Phi) is 6.84. The molecule has 156 valence electrons. The van der Waals surface area contributed by atoms with Gasteiger partial charge in [-0.05, 0) is 53.8 Å². The van der Waals surface area contributed by atoms with E-state index in [1.807, 2.05) is 31.2 Å². The number of carbonyl (C=O) groups is 1. The summed E-state index contributed by atoms with van der Waals surface area (Å²) in [5.74, 6) is 0.581. The third-order valence-corrected chi connectivity index (χ3v) is 5.46. The van der Waals surface area contributed by atoms with Gasteiger partial charge in [0, 0.05) is 16.1 Å². The Morgan fingerprint density at radius 3 is 2.20 bits per heavy atom. The molecule has 0 unspecified atom stereocenters. The molecule has 0 aliphatic rings. The van der Waals surface area contributed by atoms with Crippen molar-refractivity contribution < 1.29 is 9.53 Å². The molecule has 1 amide bonds. The van der Waals surface area contributed by atoms with E-state index in [4.69, 9.17) is 16.3 Å². The van der Waals surface area contributed by atoms with Gasteiger partial charge in [-0.25, -0.2) is 0 Å². The molecule has 3 nitrogen and oxygen atoms in total. The molecule has 0 saturated carbocycles. The lowest BCUT2D eigenvalue weighted by molar-refractivity contribution is 0.0940. The Labute approximate surface area is 184 Å². The molecule has 0 spiro atoms. The quantitative estimate of drug-likeness (QED) is 0.480. The smallest absolute Gasteiger partial charge is 0.251 e. The van der Waals surface area contributed by atoms with Gasteiger partial charge in [-0.2, -0.15) is 0 Å². The van der Waals surface area contributed by atoms with E-state index in [0.717, 1.165) is 11.1 Å². The number of nitrogens with one attached hydrogen (secondary N) is 1. The van der Waals surface area contributed by atoms with E-state index in [-0.39, 0.29) is 17.4 Å². The summed E-state index contributed by atoms with van der Waals surface area (Å²) >= 11 is 6.15. The van der Waals surface area contributed by atoms with E-state index in [9.17, 15) is 4.79 Å². The Hall–Kier alpha value is -2.78. The molecule has 0 radical (unpaired) electrons. The Balaban J connectivity index is 1.58. The highest BCUT2D eigenvalue weighted by Crippen LogP contribution is 2.24. The summed E-state index contributed by atoms with van der Waals surface area (Å²) in [5.41, 5.74) is 3.99. The van der Waals surface area contributed by atoms with Gasteiger partial charge in [0.15, 0.2) is 0 Å². The van der Waals surface area contributed by atoms with E-state index in [2.05, 4.69) is 50.4 Å². The van der Waals surface area contributed by atoms with Gasteiger partial charge in [-0.1, -0.05) is 74.8 Å². The summed E-state index contributed by atoms with van der Waals surface area (Å²) in [4.78, 5) is 12.6. The van der Waals surface area contributed by atoms with Gasteiger partial charge in [0.25, 0.3) is 5.91 Å². The van der Waals surface area contributed by atoms with Crippen LogP contribution in [0.5, 0.6) is 5.75 Å². The van der Waals surface area contributed by atoms with Crippen LogP contribution >= 0.6 is 11.6 Å². The predicted octanol–water partition coefficient (Wildman–Crippen LogP) is 6.71. The largest absolute Gasteiger partial charge is 0.489 e. The number of benzene rings is 3. The van der Waals surface area contributed by atoms with Gasteiger partial charge >= 0.3 is 0 Å². The fourth-order valence-corrected chi connectivity index (χ4v) is 3.30. The number of halogens is 1. The van der Waals surface area contributed by atoms with E-state index >= 15 is 0 Å². The van der Waals surface area contributed by atoms with E-state index in [1.165, 1.54) is 5.56 Å². The van der Waals surface area contributed by atoms with Gasteiger partial charge < -0.3 is 10.1 Å². The minimum Gasteiger partial charge on any atom is -0.489 e. The van der Waals surface area contributed by atoms with Crippen molar-refractivity contribution in [2.75, 3.05) is 0 Å². The first-order valence-electron chi connectivity index (χ1n) is 10.1. The van der Waals surface area contributed by atoms with Crippen molar-refractivity contribution in [3.05, 3.63) is 100 Å². The molecule has 3 rings (SSSR count). The van der Waals surface area contributed by atoms with Crippen molar-refractivity contribution in [1.29, 1.82) is 0 Å². The van der Waals surface area contributed by atoms with Crippen LogP contribution in [0.3, 0.4) is 0 Å². The lowest BCUT2D eigenvalue weighted by Crippen LogP contribution is -2.26. The number of hydrogen-bond acceptors (Lipinski definition) is 2. The van der Waals surface area contributed by atoms with Gasteiger partial charge in [0.1, 0.15) is 12.4 Å². The molecule has 3 aromatic rings. The van der Waals surface area contributed by atoms with E-state index < -0.39 is 0 Å². The van der Waals surface area contributed by atoms with Crippen LogP contribution in [0.25, 0.3) is 0 Å². The van der Waals surface area contributed by atoms with Crippen molar-refractivity contribution in [1.82, 2.24) is 5.32 Å². The molecule has 1 N–H and O–H groups in total. The van der Waals surface area contributed by atoms with Gasteiger partial charge in [-0.3, -0.25) is 4.79 Å². The van der Waals surface area contributed by atoms with E-state index in [0.29, 0.717) is 22.9 Å². The average molecular weight is 422 g/mol. The second-order valence-electron chi connectivity index (χ2n) is 8.47. The van der Waals surface area contributed by atoms with Crippen LogP contribution in [-0.4, -0.2) is 5.91 Å². The number of amides is 1. The minimum atomic E-state index is -0.111. The summed E-state index contributed by atoms with van der Waals surface area (Å²) < 4.78 is 5.78. The zero-order valence-electron chi connectivity index (χ0n) is 17.9. The third-order valence-electron chi connectivity index (χ3n) is 5.09. The van der Waals surface area contributed by atoms with Crippen LogP contribution in [0, 0.1) is 0 Å². The van der Waals surface area contributed by atoms with Crippen molar-refractivity contribution in [3.8, 4) is 5.75 Å². The Morgan fingerprint density at radius 2 is 1.60 bits per heavy atom. The fourth-order valence-electron chi connectivity index (χ4n) is 3.11. The van der Waals surface area contributed by atoms with Gasteiger partial charge in [-0.15, -0.1) is 0 Å². The standard InChI is InChI=1S/C26H28ClNO2/c1-18(19-9-13-22(14-10-19)26(2,3)4)28-25(29)20-11-15-23(16-12-20)30-17-21-7-5-6-8-24(21)27/h5-16,18H,17H2,1-4H3,(H,28,29)/t18-/m1/s1. The molecular formula is C26H28ClNO2. The SMILES string of the molecule is C[C@@H](NC(=O)c1ccc(OCc2ccccc2Cl)cc1)c1ccc(C(C)(C)C)cc1. The summed E-state index contributed by atoms with van der Waals surface area (Å²) in [7, 11) is 0. The zero-order valence-corrected chi connectivity index (χ0v) is 18.7. The molecule has 0 fully saturated rings. The van der Waals surface area contributed by atoms with Crippen LogP contribution in [0.2, 0.25) is 5.02 Å². The molecule has 4 heteroatoms. The lowest BCUT2D eigenvalue weighted by Gasteiger charge is -2.20. The average Bonchev–Trinajstić information content (AvgIpc) is 2.73. The highest BCUT2D eigenvalue weighted by Gasteiger charge is 2.15. The maximum atomic E-state index is 12.6. The second kappa shape index (κ2) is 9.36.